The van der Waals surface area contributed by atoms with Crippen LogP contribution < -0.4 is 10.1 Å². The van der Waals surface area contributed by atoms with E-state index in [4.69, 9.17) is 4.74 Å². The first kappa shape index (κ1) is 24.2. The van der Waals surface area contributed by atoms with Crippen LogP contribution in [0.3, 0.4) is 0 Å². The van der Waals surface area contributed by atoms with Crippen LogP contribution in [0.4, 0.5) is 5.69 Å². The molecule has 9 heteroatoms. The first-order valence-electron chi connectivity index (χ1n) is 11.2. The number of piperazine rings is 1. The van der Waals surface area contributed by atoms with E-state index in [-0.39, 0.29) is 17.4 Å². The molecule has 0 unspecified atom stereocenters. The minimum atomic E-state index is -3.62. The lowest BCUT2D eigenvalue weighted by molar-refractivity contribution is -0.114. The van der Waals surface area contributed by atoms with E-state index in [1.54, 1.807) is 12.1 Å². The molecule has 0 aliphatic carbocycles. The van der Waals surface area contributed by atoms with Crippen molar-refractivity contribution in [2.75, 3.05) is 44.6 Å². The van der Waals surface area contributed by atoms with Gasteiger partial charge in [0.2, 0.25) is 15.9 Å². The van der Waals surface area contributed by atoms with E-state index in [9.17, 15) is 18.3 Å². The van der Waals surface area contributed by atoms with Crippen molar-refractivity contribution in [1.82, 2.24) is 9.21 Å². The molecule has 3 aromatic carbocycles. The van der Waals surface area contributed by atoms with Gasteiger partial charge < -0.3 is 15.2 Å². The third-order valence-corrected chi connectivity index (χ3v) is 7.69. The first-order valence-corrected chi connectivity index (χ1v) is 12.6. The second-order valence-corrected chi connectivity index (χ2v) is 10.3. The van der Waals surface area contributed by atoms with E-state index in [0.29, 0.717) is 44.2 Å². The summed E-state index contributed by atoms with van der Waals surface area (Å²) in [6, 6.07) is 20.0. The van der Waals surface area contributed by atoms with Gasteiger partial charge in [0.05, 0.1) is 4.90 Å². The Labute approximate surface area is 199 Å². The third kappa shape index (κ3) is 5.92. The minimum Gasteiger partial charge on any atom is -0.491 e. The molecule has 1 amide bonds. The Balaban J connectivity index is 1.26. The second kappa shape index (κ2) is 10.5. The van der Waals surface area contributed by atoms with E-state index in [0.717, 1.165) is 10.8 Å². The maximum Gasteiger partial charge on any atom is 0.243 e. The monoisotopic (exact) mass is 483 g/mol. The number of sulfonamides is 1. The molecule has 0 spiro atoms. The van der Waals surface area contributed by atoms with Crippen LogP contribution in [0.5, 0.6) is 5.75 Å². The van der Waals surface area contributed by atoms with E-state index in [1.807, 2.05) is 47.4 Å². The number of aliphatic hydroxyl groups excluding tert-OH is 1. The fourth-order valence-corrected chi connectivity index (χ4v) is 5.44. The van der Waals surface area contributed by atoms with Gasteiger partial charge in [-0.15, -0.1) is 0 Å². The zero-order valence-corrected chi connectivity index (χ0v) is 19.9. The Morgan fingerprint density at radius 2 is 1.68 bits per heavy atom. The molecule has 0 aromatic heterocycles. The largest absolute Gasteiger partial charge is 0.491 e. The number of carbonyl (C=O) groups is 1. The summed E-state index contributed by atoms with van der Waals surface area (Å²) in [5, 5.41) is 15.3. The molecule has 34 heavy (non-hydrogen) atoms. The predicted molar refractivity (Wildman–Crippen MR) is 131 cm³/mol. The Bertz CT molecular complexity index is 1240. The van der Waals surface area contributed by atoms with Gasteiger partial charge in [-0.3, -0.25) is 9.69 Å². The summed E-state index contributed by atoms with van der Waals surface area (Å²) in [6.07, 6.45) is -0.684. The quantitative estimate of drug-likeness (QED) is 0.511. The van der Waals surface area contributed by atoms with Crippen LogP contribution in [0.1, 0.15) is 6.92 Å². The smallest absolute Gasteiger partial charge is 0.243 e. The molecule has 1 aliphatic rings. The molecule has 1 atom stereocenters. The van der Waals surface area contributed by atoms with Crippen molar-refractivity contribution in [3.8, 4) is 5.75 Å². The summed E-state index contributed by atoms with van der Waals surface area (Å²) in [6.45, 7) is 3.70. The second-order valence-electron chi connectivity index (χ2n) is 8.38. The lowest BCUT2D eigenvalue weighted by atomic mass is 10.1. The average Bonchev–Trinajstić information content (AvgIpc) is 2.83. The molecular formula is C25H29N3O5S. The number of benzene rings is 3. The Morgan fingerprint density at radius 1 is 1.00 bits per heavy atom. The standard InChI is InChI=1S/C25H29N3O5S/c1-19(29)26-22-7-10-25(11-8-22)34(31,32)28-14-12-27(13-15-28)17-23(30)18-33-24-9-6-20-4-2-3-5-21(20)16-24/h2-11,16,23,30H,12-15,17-18H2,1H3,(H,26,29)/t23-/m1/s1. The molecule has 0 radical (unpaired) electrons. The summed E-state index contributed by atoms with van der Waals surface area (Å²) >= 11 is 0. The molecule has 1 aliphatic heterocycles. The van der Waals surface area contributed by atoms with Crippen LogP contribution in [0.15, 0.2) is 71.6 Å². The first-order chi connectivity index (χ1) is 16.3. The van der Waals surface area contributed by atoms with Crippen molar-refractivity contribution in [3.05, 3.63) is 66.7 Å². The SMILES string of the molecule is CC(=O)Nc1ccc(S(=O)(=O)N2CCN(C[C@@H](O)COc3ccc4ccccc4c3)CC2)cc1. The van der Waals surface area contributed by atoms with Crippen molar-refractivity contribution in [1.29, 1.82) is 0 Å². The molecule has 0 saturated carbocycles. The number of anilines is 1. The number of aliphatic hydroxyl groups is 1. The van der Waals surface area contributed by atoms with Crippen LogP contribution in [-0.4, -0.2) is 74.1 Å². The van der Waals surface area contributed by atoms with Gasteiger partial charge in [0.1, 0.15) is 18.5 Å². The van der Waals surface area contributed by atoms with Gasteiger partial charge in [0, 0.05) is 45.3 Å². The molecule has 1 fully saturated rings. The summed E-state index contributed by atoms with van der Waals surface area (Å²) in [7, 11) is -3.62. The lowest BCUT2D eigenvalue weighted by Gasteiger charge is -2.34. The molecule has 2 N–H and O–H groups in total. The molecule has 180 valence electrons. The van der Waals surface area contributed by atoms with Gasteiger partial charge in [0.15, 0.2) is 0 Å². The number of hydrogen-bond acceptors (Lipinski definition) is 6. The lowest BCUT2D eigenvalue weighted by Crippen LogP contribution is -2.50. The molecule has 8 nitrogen and oxygen atoms in total. The highest BCUT2D eigenvalue weighted by Crippen LogP contribution is 2.22. The van der Waals surface area contributed by atoms with Crippen molar-refractivity contribution in [2.45, 2.75) is 17.9 Å². The predicted octanol–water partition coefficient (Wildman–Crippen LogP) is 2.54. The highest BCUT2D eigenvalue weighted by molar-refractivity contribution is 7.89. The highest BCUT2D eigenvalue weighted by Gasteiger charge is 2.29. The van der Waals surface area contributed by atoms with Gasteiger partial charge in [-0.05, 0) is 47.2 Å². The Hall–Kier alpha value is -2.98. The Morgan fingerprint density at radius 3 is 2.35 bits per heavy atom. The van der Waals surface area contributed by atoms with Crippen LogP contribution in [-0.2, 0) is 14.8 Å². The van der Waals surface area contributed by atoms with E-state index in [1.165, 1.54) is 23.4 Å². The average molecular weight is 484 g/mol. The fourth-order valence-electron chi connectivity index (χ4n) is 4.02. The van der Waals surface area contributed by atoms with Crippen molar-refractivity contribution in [2.24, 2.45) is 0 Å². The number of nitrogens with zero attached hydrogens (tertiary/aromatic N) is 2. The number of hydrogen-bond donors (Lipinski definition) is 2. The number of amides is 1. The van der Waals surface area contributed by atoms with Crippen LogP contribution in [0, 0.1) is 0 Å². The van der Waals surface area contributed by atoms with Crippen molar-refractivity contribution >= 4 is 32.4 Å². The molecule has 1 saturated heterocycles. The van der Waals surface area contributed by atoms with Gasteiger partial charge in [-0.1, -0.05) is 30.3 Å². The van der Waals surface area contributed by atoms with Gasteiger partial charge >= 0.3 is 0 Å². The zero-order valence-electron chi connectivity index (χ0n) is 19.1. The highest BCUT2D eigenvalue weighted by atomic mass is 32.2. The normalized spacial score (nSPS) is 16.3. The van der Waals surface area contributed by atoms with Gasteiger partial charge in [-0.2, -0.15) is 4.31 Å². The number of nitrogens with one attached hydrogen (secondary N) is 1. The van der Waals surface area contributed by atoms with Crippen LogP contribution >= 0.6 is 0 Å². The van der Waals surface area contributed by atoms with Gasteiger partial charge in [-0.25, -0.2) is 8.42 Å². The van der Waals surface area contributed by atoms with Crippen molar-refractivity contribution in [3.63, 3.8) is 0 Å². The summed E-state index contributed by atoms with van der Waals surface area (Å²) in [4.78, 5) is 13.4. The number of rotatable bonds is 8. The topological polar surface area (TPSA) is 99.2 Å². The summed E-state index contributed by atoms with van der Waals surface area (Å²) in [5.41, 5.74) is 0.552. The molecule has 4 rings (SSSR count). The summed E-state index contributed by atoms with van der Waals surface area (Å²) in [5.74, 6) is 0.495. The number of fused-ring (bicyclic) bond motifs is 1. The fraction of sp³-hybridized carbons (Fsp3) is 0.320. The maximum atomic E-state index is 13.0. The van der Waals surface area contributed by atoms with Crippen LogP contribution in [0.25, 0.3) is 10.8 Å². The number of carbonyl (C=O) groups excluding carboxylic acids is 1. The number of β-amino-alcohol motifs (C(OH)–C–C–N with tert-alkyl or cyclic N) is 1. The molecule has 1 heterocycles. The minimum absolute atomic E-state index is 0.164. The van der Waals surface area contributed by atoms with Crippen molar-refractivity contribution < 1.29 is 23.1 Å². The molecular weight excluding hydrogens is 454 g/mol. The Kier molecular flexibility index (Phi) is 7.47. The molecule has 0 bridgehead atoms. The van der Waals surface area contributed by atoms with E-state index < -0.39 is 16.1 Å². The molecule has 3 aromatic rings. The van der Waals surface area contributed by atoms with Crippen LogP contribution in [0.2, 0.25) is 0 Å². The van der Waals surface area contributed by atoms with E-state index >= 15 is 0 Å². The maximum absolute atomic E-state index is 13.0. The third-order valence-electron chi connectivity index (χ3n) is 5.78. The van der Waals surface area contributed by atoms with E-state index in [2.05, 4.69) is 5.32 Å². The van der Waals surface area contributed by atoms with Gasteiger partial charge in [0.25, 0.3) is 0 Å². The summed E-state index contributed by atoms with van der Waals surface area (Å²) < 4.78 is 33.1. The zero-order chi connectivity index (χ0) is 24.1. The number of ether oxygens (including phenoxy) is 1.